The lowest BCUT2D eigenvalue weighted by Crippen LogP contribution is -2.35. The van der Waals surface area contributed by atoms with Crippen LogP contribution >= 0.6 is 15.2 Å². The molecule has 0 saturated carbocycles. The van der Waals surface area contributed by atoms with Gasteiger partial charge in [0.2, 0.25) is 0 Å². The number of nitrogens with two attached hydrogens (primary N) is 2. The highest BCUT2D eigenvalue weighted by molar-refractivity contribution is 7.52. The molecular weight excluding hydrogens is 454 g/mol. The quantitative estimate of drug-likeness (QED) is 0.0888. The van der Waals surface area contributed by atoms with Crippen LogP contribution in [0, 0.1) is 0 Å². The molecule has 0 rings (SSSR count). The average molecular weight is 484 g/mol. The van der Waals surface area contributed by atoms with Crippen LogP contribution in [0.2, 0.25) is 0 Å². The zero-order valence-corrected chi connectivity index (χ0v) is 17.6. The summed E-state index contributed by atoms with van der Waals surface area (Å²) >= 11 is 0. The maximum Gasteiger partial charge on any atom is 0.329 e. The molecule has 0 bridgehead atoms. The summed E-state index contributed by atoms with van der Waals surface area (Å²) < 4.78 is 21.6. The van der Waals surface area contributed by atoms with Crippen LogP contribution in [-0.2, 0) is 18.7 Å². The monoisotopic (exact) mass is 484 g/mol. The molecule has 0 aromatic carbocycles. The Morgan fingerprint density at radius 2 is 0.967 bits per heavy atom. The van der Waals surface area contributed by atoms with Crippen molar-refractivity contribution in [1.29, 1.82) is 0 Å². The molecule has 16 nitrogen and oxygen atoms in total. The molecule has 14 N–H and O–H groups in total. The van der Waals surface area contributed by atoms with Crippen molar-refractivity contribution in [3.63, 3.8) is 0 Å². The average Bonchev–Trinajstić information content (AvgIpc) is 2.60. The fourth-order valence-electron chi connectivity index (χ4n) is 2.05. The normalized spacial score (nSPS) is 16.0. The van der Waals surface area contributed by atoms with Crippen LogP contribution in [0.15, 0.2) is 0 Å². The highest BCUT2D eigenvalue weighted by Gasteiger charge is 2.30. The molecule has 180 valence electrons. The smallest absolute Gasteiger partial charge is 0.329 e. The van der Waals surface area contributed by atoms with E-state index in [1.54, 1.807) is 0 Å². The Morgan fingerprint density at radius 1 is 0.700 bits per heavy atom. The Balaban J connectivity index is 0. The van der Waals surface area contributed by atoms with Gasteiger partial charge < -0.3 is 51.7 Å². The van der Waals surface area contributed by atoms with Crippen LogP contribution in [0.25, 0.3) is 0 Å². The molecule has 2 unspecified atom stereocenters. The second kappa shape index (κ2) is 14.9. The first-order chi connectivity index (χ1) is 13.6. The third-order valence-electron chi connectivity index (χ3n) is 3.98. The summed E-state index contributed by atoms with van der Waals surface area (Å²) in [7, 11) is -8.60. The molecule has 0 aromatic rings. The summed E-state index contributed by atoms with van der Waals surface area (Å²) in [5.41, 5.74) is 11.2. The minimum atomic E-state index is -4.30. The van der Waals surface area contributed by atoms with Gasteiger partial charge in [0.05, 0.1) is 11.3 Å². The standard InChI is InChI=1S/2C6H15N2O6P/c2*7-3-4(15(12,13)14)1-2-5(8-11)6(9)10/h2*4-5,8,11H,1-3,7H2,(H,9,10)(H2,12,13,14)/t2*4?,5-/m00/s1. The molecule has 30 heavy (non-hydrogen) atoms. The van der Waals surface area contributed by atoms with Gasteiger partial charge in [-0.1, -0.05) is 0 Å². The fraction of sp³-hybridized carbons (Fsp3) is 0.833. The first kappa shape index (κ1) is 31.2. The van der Waals surface area contributed by atoms with Crippen LogP contribution in [-0.4, -0.2) is 88.6 Å². The molecule has 0 radical (unpaired) electrons. The Kier molecular flexibility index (Phi) is 15.5. The zero-order valence-electron chi connectivity index (χ0n) is 15.8. The van der Waals surface area contributed by atoms with E-state index in [0.29, 0.717) is 0 Å². The maximum absolute atomic E-state index is 10.8. The van der Waals surface area contributed by atoms with Crippen LogP contribution in [0.3, 0.4) is 0 Å². The van der Waals surface area contributed by atoms with Crippen molar-refractivity contribution in [2.45, 2.75) is 49.1 Å². The van der Waals surface area contributed by atoms with E-state index in [1.165, 1.54) is 11.0 Å². The van der Waals surface area contributed by atoms with Crippen LogP contribution < -0.4 is 22.4 Å². The molecular formula is C12H30N4O12P2. The number of hydroxylamine groups is 2. The summed E-state index contributed by atoms with van der Waals surface area (Å²) in [5.74, 6) is -2.59. The molecule has 0 saturated heterocycles. The van der Waals surface area contributed by atoms with Gasteiger partial charge in [0.25, 0.3) is 0 Å². The van der Waals surface area contributed by atoms with Gasteiger partial charge in [0.15, 0.2) is 0 Å². The number of carbonyl (C=O) groups is 2. The second-order valence-electron chi connectivity index (χ2n) is 6.15. The Hall–Kier alpha value is -1.00. The summed E-state index contributed by atoms with van der Waals surface area (Å²) in [4.78, 5) is 56.1. The number of carboxylic acid groups (broad SMARTS) is 2. The Bertz CT molecular complexity index is 560. The van der Waals surface area contributed by atoms with Gasteiger partial charge in [-0.2, -0.15) is 11.0 Å². The minimum Gasteiger partial charge on any atom is -0.480 e. The lowest BCUT2D eigenvalue weighted by Gasteiger charge is -2.18. The van der Waals surface area contributed by atoms with Gasteiger partial charge in [-0.15, -0.1) is 0 Å². The molecule has 0 aliphatic rings. The highest BCUT2D eigenvalue weighted by atomic mass is 31.2. The van der Waals surface area contributed by atoms with Crippen molar-refractivity contribution in [3.8, 4) is 0 Å². The predicted molar refractivity (Wildman–Crippen MR) is 101 cm³/mol. The fourth-order valence-corrected chi connectivity index (χ4v) is 3.57. The van der Waals surface area contributed by atoms with E-state index in [9.17, 15) is 18.7 Å². The minimum absolute atomic E-state index is 0.0781. The van der Waals surface area contributed by atoms with Crippen molar-refractivity contribution in [2.75, 3.05) is 13.1 Å². The van der Waals surface area contributed by atoms with Gasteiger partial charge in [-0.3, -0.25) is 18.7 Å². The van der Waals surface area contributed by atoms with Gasteiger partial charge in [0, 0.05) is 13.1 Å². The number of hydrogen-bond acceptors (Lipinski definition) is 10. The van der Waals surface area contributed by atoms with Crippen molar-refractivity contribution in [1.82, 2.24) is 11.0 Å². The molecule has 0 aliphatic heterocycles. The topological polar surface area (TPSA) is 306 Å². The number of carboxylic acids is 2. The van der Waals surface area contributed by atoms with E-state index in [-0.39, 0.29) is 38.8 Å². The number of rotatable bonds is 14. The summed E-state index contributed by atoms with van der Waals surface area (Å²) in [6.07, 6.45) is -0.381. The van der Waals surface area contributed by atoms with Crippen LogP contribution in [0.1, 0.15) is 25.7 Å². The third kappa shape index (κ3) is 13.3. The van der Waals surface area contributed by atoms with Crippen molar-refractivity contribution in [3.05, 3.63) is 0 Å². The van der Waals surface area contributed by atoms with Crippen LogP contribution in [0.4, 0.5) is 0 Å². The van der Waals surface area contributed by atoms with Crippen LogP contribution in [0.5, 0.6) is 0 Å². The summed E-state index contributed by atoms with van der Waals surface area (Å²) in [6.45, 7) is -0.468. The number of aliphatic carboxylic acids is 2. The van der Waals surface area contributed by atoms with Crippen molar-refractivity contribution in [2.24, 2.45) is 11.5 Å². The van der Waals surface area contributed by atoms with Gasteiger partial charge in [0.1, 0.15) is 12.1 Å². The molecule has 0 heterocycles. The maximum atomic E-state index is 10.8. The SMILES string of the molecule is NCC(CC[C@H](NO)C(=O)O)P(=O)(O)O.NCC(CC[C@H](NO)C(=O)O)P(=O)(O)O. The largest absolute Gasteiger partial charge is 0.480 e. The van der Waals surface area contributed by atoms with E-state index in [0.717, 1.165) is 0 Å². The molecule has 0 spiro atoms. The van der Waals surface area contributed by atoms with Crippen molar-refractivity contribution < 1.29 is 58.9 Å². The molecule has 0 fully saturated rings. The molecule has 0 aliphatic carbocycles. The predicted octanol–water partition coefficient (Wildman–Crippen LogP) is -2.59. The van der Waals surface area contributed by atoms with E-state index < -0.39 is 50.5 Å². The van der Waals surface area contributed by atoms with Crippen molar-refractivity contribution >= 4 is 27.1 Å². The third-order valence-corrected chi connectivity index (χ3v) is 6.82. The second-order valence-corrected chi connectivity index (χ2v) is 9.97. The van der Waals surface area contributed by atoms with E-state index in [2.05, 4.69) is 0 Å². The van der Waals surface area contributed by atoms with Gasteiger partial charge in [-0.05, 0) is 25.7 Å². The van der Waals surface area contributed by atoms with E-state index in [1.807, 2.05) is 0 Å². The lowest BCUT2D eigenvalue weighted by atomic mass is 10.1. The zero-order chi connectivity index (χ0) is 24.1. The summed E-state index contributed by atoms with van der Waals surface area (Å²) in [5, 5.41) is 33.9. The van der Waals surface area contributed by atoms with E-state index >= 15 is 0 Å². The first-order valence-corrected chi connectivity index (χ1v) is 11.8. The number of hydrogen-bond donors (Lipinski definition) is 12. The molecule has 0 amide bonds. The number of nitrogens with one attached hydrogen (secondary N) is 2. The Morgan fingerprint density at radius 3 is 1.10 bits per heavy atom. The summed E-state index contributed by atoms with van der Waals surface area (Å²) in [6, 6.07) is -2.49. The molecule has 0 aromatic heterocycles. The van der Waals surface area contributed by atoms with E-state index in [4.69, 9.17) is 51.7 Å². The van der Waals surface area contributed by atoms with Gasteiger partial charge in [-0.25, -0.2) is 0 Å². The Labute approximate surface area is 171 Å². The molecule has 4 atom stereocenters. The highest BCUT2D eigenvalue weighted by Crippen LogP contribution is 2.43. The van der Waals surface area contributed by atoms with Gasteiger partial charge >= 0.3 is 27.1 Å². The first-order valence-electron chi connectivity index (χ1n) is 8.40. The lowest BCUT2D eigenvalue weighted by molar-refractivity contribution is -0.143. The molecule has 18 heteroatoms.